The van der Waals surface area contributed by atoms with Gasteiger partial charge < -0.3 is 15.5 Å². The number of aliphatic hydroxyl groups is 2. The molecule has 1 amide bonds. The number of hydrogen-bond donors (Lipinski definition) is 3. The molecule has 1 unspecified atom stereocenters. The van der Waals surface area contributed by atoms with E-state index in [4.69, 9.17) is 5.11 Å². The SMILES string of the molecule is CC(O)(CO)CNC(=O)C#CBr. The van der Waals surface area contributed by atoms with E-state index in [1.54, 1.807) is 0 Å². The van der Waals surface area contributed by atoms with Crippen LogP contribution in [0, 0.1) is 10.8 Å². The van der Waals surface area contributed by atoms with E-state index in [9.17, 15) is 9.90 Å². The van der Waals surface area contributed by atoms with Crippen molar-refractivity contribution < 1.29 is 15.0 Å². The van der Waals surface area contributed by atoms with Crippen LogP contribution in [0.4, 0.5) is 0 Å². The van der Waals surface area contributed by atoms with Crippen molar-refractivity contribution in [3.63, 3.8) is 0 Å². The molecular weight excluding hydrogens is 226 g/mol. The van der Waals surface area contributed by atoms with E-state index in [-0.39, 0.29) is 6.54 Å². The van der Waals surface area contributed by atoms with Crippen molar-refractivity contribution in [1.82, 2.24) is 5.32 Å². The Morgan fingerprint density at radius 3 is 2.75 bits per heavy atom. The molecule has 0 radical (unpaired) electrons. The van der Waals surface area contributed by atoms with Gasteiger partial charge in [-0.15, -0.1) is 0 Å². The lowest BCUT2D eigenvalue weighted by molar-refractivity contribution is -0.117. The zero-order valence-electron chi connectivity index (χ0n) is 6.59. The summed E-state index contributed by atoms with van der Waals surface area (Å²) in [6.45, 7) is 0.980. The largest absolute Gasteiger partial charge is 0.393 e. The van der Waals surface area contributed by atoms with Crippen LogP contribution in [0.5, 0.6) is 0 Å². The number of aliphatic hydroxyl groups excluding tert-OH is 1. The third-order valence-electron chi connectivity index (χ3n) is 1.13. The molecule has 5 heteroatoms. The molecule has 0 rings (SSSR count). The predicted octanol–water partition coefficient (Wildman–Crippen LogP) is -0.798. The molecule has 0 heterocycles. The van der Waals surface area contributed by atoms with Gasteiger partial charge in [0.1, 0.15) is 5.60 Å². The molecule has 0 aromatic rings. The fourth-order valence-electron chi connectivity index (χ4n) is 0.414. The van der Waals surface area contributed by atoms with Crippen molar-refractivity contribution >= 4 is 21.8 Å². The Hall–Kier alpha value is -0.570. The second-order valence-electron chi connectivity index (χ2n) is 2.56. The van der Waals surface area contributed by atoms with Crippen LogP contribution in [0.2, 0.25) is 0 Å². The Kier molecular flexibility index (Phi) is 4.90. The number of halogens is 1. The van der Waals surface area contributed by atoms with Gasteiger partial charge >= 0.3 is 0 Å². The van der Waals surface area contributed by atoms with Gasteiger partial charge in [0, 0.05) is 28.4 Å². The highest BCUT2D eigenvalue weighted by Gasteiger charge is 2.18. The second kappa shape index (κ2) is 5.14. The van der Waals surface area contributed by atoms with Gasteiger partial charge in [-0.1, -0.05) is 0 Å². The second-order valence-corrected chi connectivity index (χ2v) is 2.95. The van der Waals surface area contributed by atoms with Gasteiger partial charge in [-0.3, -0.25) is 4.79 Å². The van der Waals surface area contributed by atoms with E-state index >= 15 is 0 Å². The van der Waals surface area contributed by atoms with Crippen molar-refractivity contribution in [2.45, 2.75) is 12.5 Å². The number of nitrogens with one attached hydrogen (secondary N) is 1. The van der Waals surface area contributed by atoms with Gasteiger partial charge in [-0.2, -0.15) is 0 Å². The van der Waals surface area contributed by atoms with E-state index in [1.165, 1.54) is 6.92 Å². The molecule has 3 N–H and O–H groups in total. The Balaban J connectivity index is 3.80. The molecular formula is C7H10BrNO3. The summed E-state index contributed by atoms with van der Waals surface area (Å²) in [5.74, 6) is 1.67. The van der Waals surface area contributed by atoms with E-state index in [2.05, 4.69) is 32.0 Å². The average molecular weight is 236 g/mol. The first-order valence-corrected chi connectivity index (χ1v) is 4.04. The minimum Gasteiger partial charge on any atom is -0.393 e. The molecule has 0 aromatic heterocycles. The number of carbonyl (C=O) groups excluding carboxylic acids is 1. The maximum absolute atomic E-state index is 10.7. The van der Waals surface area contributed by atoms with Crippen LogP contribution in [0.25, 0.3) is 0 Å². The van der Waals surface area contributed by atoms with Crippen LogP contribution in [0.1, 0.15) is 6.92 Å². The van der Waals surface area contributed by atoms with Crippen molar-refractivity contribution in [3.8, 4) is 10.8 Å². The van der Waals surface area contributed by atoms with Crippen LogP contribution in [0.3, 0.4) is 0 Å². The first-order valence-electron chi connectivity index (χ1n) is 3.24. The van der Waals surface area contributed by atoms with Gasteiger partial charge in [0.25, 0.3) is 5.91 Å². The highest BCUT2D eigenvalue weighted by Crippen LogP contribution is 1.97. The summed E-state index contributed by atoms with van der Waals surface area (Å²) < 4.78 is 0. The van der Waals surface area contributed by atoms with Crippen LogP contribution < -0.4 is 5.32 Å². The molecule has 1 atom stereocenters. The van der Waals surface area contributed by atoms with Crippen molar-refractivity contribution in [1.29, 1.82) is 0 Å². The van der Waals surface area contributed by atoms with E-state index in [0.29, 0.717) is 0 Å². The number of carbonyl (C=O) groups is 1. The molecule has 12 heavy (non-hydrogen) atoms. The van der Waals surface area contributed by atoms with E-state index in [0.717, 1.165) is 0 Å². The van der Waals surface area contributed by atoms with E-state index in [1.807, 2.05) is 0 Å². The lowest BCUT2D eigenvalue weighted by Crippen LogP contribution is -2.42. The standard InChI is InChI=1S/C7H10BrNO3/c1-7(12,5-10)4-9-6(11)2-3-8/h10,12H,4-5H2,1H3,(H,9,11). The molecule has 0 fully saturated rings. The lowest BCUT2D eigenvalue weighted by atomic mass is 10.1. The predicted molar refractivity (Wildman–Crippen MR) is 47.4 cm³/mol. The summed E-state index contributed by atoms with van der Waals surface area (Å²) in [5, 5.41) is 20.1. The topological polar surface area (TPSA) is 69.6 Å². The highest BCUT2D eigenvalue weighted by atomic mass is 79.9. The minimum absolute atomic E-state index is 0.0238. The van der Waals surface area contributed by atoms with Crippen LogP contribution in [0.15, 0.2) is 0 Å². The first kappa shape index (κ1) is 11.4. The molecule has 0 aliphatic heterocycles. The van der Waals surface area contributed by atoms with Gasteiger partial charge in [0.2, 0.25) is 0 Å². The maximum Gasteiger partial charge on any atom is 0.296 e. The first-order chi connectivity index (χ1) is 5.52. The Morgan fingerprint density at radius 2 is 2.33 bits per heavy atom. The van der Waals surface area contributed by atoms with Gasteiger partial charge in [0.15, 0.2) is 0 Å². The zero-order valence-corrected chi connectivity index (χ0v) is 8.18. The van der Waals surface area contributed by atoms with Gasteiger partial charge in [-0.05, 0) is 11.8 Å². The molecule has 0 aliphatic carbocycles. The summed E-state index contributed by atoms with van der Waals surface area (Å²) in [4.78, 5) is 12.9. The summed E-state index contributed by atoms with van der Waals surface area (Å²) >= 11 is 2.75. The van der Waals surface area contributed by atoms with Crippen LogP contribution in [-0.2, 0) is 4.79 Å². The molecule has 0 saturated heterocycles. The highest BCUT2D eigenvalue weighted by molar-refractivity contribution is 9.12. The summed E-state index contributed by atoms with van der Waals surface area (Å²) in [6, 6.07) is 0. The summed E-state index contributed by atoms with van der Waals surface area (Å²) in [5.41, 5.74) is -1.29. The zero-order chi connectivity index (χ0) is 9.61. The summed E-state index contributed by atoms with van der Waals surface area (Å²) in [7, 11) is 0. The normalized spacial score (nSPS) is 14.0. The quantitative estimate of drug-likeness (QED) is 0.562. The monoisotopic (exact) mass is 235 g/mol. The van der Waals surface area contributed by atoms with E-state index < -0.39 is 18.1 Å². The van der Waals surface area contributed by atoms with Gasteiger partial charge in [-0.25, -0.2) is 0 Å². The number of rotatable bonds is 3. The van der Waals surface area contributed by atoms with Crippen molar-refractivity contribution in [2.75, 3.05) is 13.2 Å². The smallest absolute Gasteiger partial charge is 0.296 e. The Morgan fingerprint density at radius 1 is 1.75 bits per heavy atom. The minimum atomic E-state index is -1.29. The Bertz CT molecular complexity index is 216. The van der Waals surface area contributed by atoms with Crippen molar-refractivity contribution in [2.24, 2.45) is 0 Å². The van der Waals surface area contributed by atoms with Gasteiger partial charge in [0.05, 0.1) is 6.61 Å². The summed E-state index contributed by atoms with van der Waals surface area (Å²) in [6.07, 6.45) is 0. The molecule has 0 saturated carbocycles. The molecule has 0 bridgehead atoms. The molecule has 0 aliphatic rings. The fraction of sp³-hybridized carbons (Fsp3) is 0.571. The van der Waals surface area contributed by atoms with Crippen LogP contribution >= 0.6 is 15.9 Å². The fourth-order valence-corrected chi connectivity index (χ4v) is 0.594. The Labute approximate surface area is 79.1 Å². The maximum atomic E-state index is 10.7. The molecule has 4 nitrogen and oxygen atoms in total. The number of hydrogen-bond acceptors (Lipinski definition) is 3. The third kappa shape index (κ3) is 5.13. The average Bonchev–Trinajstić information content (AvgIpc) is 2.02. The van der Waals surface area contributed by atoms with Crippen molar-refractivity contribution in [3.05, 3.63) is 0 Å². The lowest BCUT2D eigenvalue weighted by Gasteiger charge is -2.19. The number of amides is 1. The molecule has 68 valence electrons. The van der Waals surface area contributed by atoms with Crippen LogP contribution in [-0.4, -0.2) is 34.9 Å². The molecule has 0 spiro atoms. The third-order valence-corrected chi connectivity index (χ3v) is 1.33. The molecule has 0 aromatic carbocycles.